The fraction of sp³-hybridized carbons (Fsp3) is 0.269. The van der Waals surface area contributed by atoms with Crippen molar-refractivity contribution in [3.63, 3.8) is 0 Å². The molecule has 3 heterocycles. The van der Waals surface area contributed by atoms with E-state index >= 15 is 0 Å². The molecule has 32 heavy (non-hydrogen) atoms. The zero-order valence-electron chi connectivity index (χ0n) is 18.3. The molecule has 0 atom stereocenters. The van der Waals surface area contributed by atoms with E-state index in [9.17, 15) is 9.59 Å². The number of benzene rings is 2. The average molecular weight is 427 g/mol. The van der Waals surface area contributed by atoms with Gasteiger partial charge in [0.1, 0.15) is 5.82 Å². The highest BCUT2D eigenvalue weighted by Gasteiger charge is 2.25. The number of fused-ring (bicyclic) bond motifs is 2. The Morgan fingerprint density at radius 3 is 2.50 bits per heavy atom. The number of aromatic nitrogens is 2. The van der Waals surface area contributed by atoms with Crippen molar-refractivity contribution in [1.29, 1.82) is 0 Å². The number of nitrogens with zero attached hydrogens (tertiary/aromatic N) is 2. The van der Waals surface area contributed by atoms with Crippen molar-refractivity contribution in [3.8, 4) is 0 Å². The quantitative estimate of drug-likeness (QED) is 0.476. The molecule has 162 valence electrons. The summed E-state index contributed by atoms with van der Waals surface area (Å²) in [5, 5.41) is 4.32. The maximum absolute atomic E-state index is 13.1. The SMILES string of the molecule is CC(C)(NC(=O)c1ccc2c(=O)c3ccccc3[nH]c2c1)c1ccc(N2CCCC2)nc1. The monoisotopic (exact) mass is 426 g/mol. The van der Waals surface area contributed by atoms with Gasteiger partial charge in [-0.3, -0.25) is 9.59 Å². The van der Waals surface area contributed by atoms with Crippen LogP contribution in [0.3, 0.4) is 0 Å². The Labute approximate surface area is 186 Å². The molecule has 5 rings (SSSR count). The summed E-state index contributed by atoms with van der Waals surface area (Å²) >= 11 is 0. The first kappa shape index (κ1) is 20.2. The predicted molar refractivity (Wildman–Crippen MR) is 128 cm³/mol. The van der Waals surface area contributed by atoms with Gasteiger partial charge >= 0.3 is 0 Å². The average Bonchev–Trinajstić information content (AvgIpc) is 3.34. The van der Waals surface area contributed by atoms with E-state index in [0.717, 1.165) is 30.0 Å². The van der Waals surface area contributed by atoms with Crippen LogP contribution in [0.5, 0.6) is 0 Å². The third kappa shape index (κ3) is 3.62. The van der Waals surface area contributed by atoms with Gasteiger partial charge in [0, 0.05) is 41.1 Å². The number of hydrogen-bond donors (Lipinski definition) is 2. The summed E-state index contributed by atoms with van der Waals surface area (Å²) < 4.78 is 0. The van der Waals surface area contributed by atoms with Gasteiger partial charge in [-0.05, 0) is 68.7 Å². The molecule has 1 aliphatic rings. The molecule has 1 amide bonds. The van der Waals surface area contributed by atoms with Gasteiger partial charge in [-0.15, -0.1) is 0 Å². The number of pyridine rings is 2. The molecule has 0 bridgehead atoms. The van der Waals surface area contributed by atoms with Crippen molar-refractivity contribution in [2.45, 2.75) is 32.2 Å². The van der Waals surface area contributed by atoms with Crippen LogP contribution in [-0.2, 0) is 5.54 Å². The highest BCUT2D eigenvalue weighted by molar-refractivity contribution is 6.00. The number of carbonyl (C=O) groups is 1. The van der Waals surface area contributed by atoms with Gasteiger partial charge in [0.05, 0.1) is 11.1 Å². The van der Waals surface area contributed by atoms with E-state index in [4.69, 9.17) is 0 Å². The molecular weight excluding hydrogens is 400 g/mol. The van der Waals surface area contributed by atoms with Crippen molar-refractivity contribution < 1.29 is 4.79 Å². The Morgan fingerprint density at radius 2 is 1.75 bits per heavy atom. The van der Waals surface area contributed by atoms with E-state index in [2.05, 4.69) is 20.2 Å². The standard InChI is InChI=1S/C26H26N4O2/c1-26(2,18-10-12-23(27-16-18)30-13-5-6-14-30)29-25(32)17-9-11-20-22(15-17)28-21-8-4-3-7-19(21)24(20)31/h3-4,7-12,15-16H,5-6,13-14H2,1-2H3,(H,28,31)(H,29,32). The summed E-state index contributed by atoms with van der Waals surface area (Å²) in [5.41, 5.74) is 2.21. The van der Waals surface area contributed by atoms with Crippen molar-refractivity contribution in [2.24, 2.45) is 0 Å². The molecule has 6 nitrogen and oxygen atoms in total. The summed E-state index contributed by atoms with van der Waals surface area (Å²) in [6.07, 6.45) is 4.26. The van der Waals surface area contributed by atoms with E-state index < -0.39 is 5.54 Å². The first-order valence-corrected chi connectivity index (χ1v) is 11.0. The maximum atomic E-state index is 13.1. The summed E-state index contributed by atoms with van der Waals surface area (Å²) in [6, 6.07) is 16.6. The minimum atomic E-state index is -0.598. The summed E-state index contributed by atoms with van der Waals surface area (Å²) in [6.45, 7) is 6.03. The number of H-pyrrole nitrogens is 1. The van der Waals surface area contributed by atoms with Gasteiger partial charge in [0.25, 0.3) is 5.91 Å². The highest BCUT2D eigenvalue weighted by atomic mass is 16.1. The lowest BCUT2D eigenvalue weighted by Gasteiger charge is -2.27. The molecule has 2 aromatic carbocycles. The number of rotatable bonds is 4. The van der Waals surface area contributed by atoms with E-state index in [0.29, 0.717) is 21.9 Å². The molecule has 1 aliphatic heterocycles. The van der Waals surface area contributed by atoms with Crippen molar-refractivity contribution in [3.05, 3.63) is 82.1 Å². The number of hydrogen-bond acceptors (Lipinski definition) is 4. The van der Waals surface area contributed by atoms with Gasteiger partial charge in [0.2, 0.25) is 0 Å². The fourth-order valence-electron chi connectivity index (χ4n) is 4.38. The van der Waals surface area contributed by atoms with Gasteiger partial charge in [-0.2, -0.15) is 0 Å². The smallest absolute Gasteiger partial charge is 0.252 e. The highest BCUT2D eigenvalue weighted by Crippen LogP contribution is 2.24. The minimum Gasteiger partial charge on any atom is -0.357 e. The molecule has 1 saturated heterocycles. The van der Waals surface area contributed by atoms with Crippen LogP contribution in [0, 0.1) is 0 Å². The second-order valence-corrected chi connectivity index (χ2v) is 8.94. The van der Waals surface area contributed by atoms with Gasteiger partial charge in [-0.1, -0.05) is 18.2 Å². The molecule has 0 spiro atoms. The zero-order valence-corrected chi connectivity index (χ0v) is 18.3. The van der Waals surface area contributed by atoms with E-state index in [1.54, 1.807) is 24.3 Å². The number of para-hydroxylation sites is 1. The van der Waals surface area contributed by atoms with Crippen LogP contribution >= 0.6 is 0 Å². The van der Waals surface area contributed by atoms with Gasteiger partial charge in [-0.25, -0.2) is 4.98 Å². The first-order chi connectivity index (χ1) is 15.4. The number of carbonyl (C=O) groups excluding carboxylic acids is 1. The second kappa shape index (κ2) is 7.79. The van der Waals surface area contributed by atoms with Crippen molar-refractivity contribution in [2.75, 3.05) is 18.0 Å². The van der Waals surface area contributed by atoms with Crippen molar-refractivity contribution >= 4 is 33.5 Å². The zero-order chi connectivity index (χ0) is 22.3. The van der Waals surface area contributed by atoms with Gasteiger partial charge < -0.3 is 15.2 Å². The van der Waals surface area contributed by atoms with Crippen LogP contribution in [0.2, 0.25) is 0 Å². The third-order valence-corrected chi connectivity index (χ3v) is 6.29. The molecule has 0 aliphatic carbocycles. The predicted octanol–water partition coefficient (Wildman–Crippen LogP) is 4.34. The Kier molecular flexibility index (Phi) is 4.93. The number of aromatic amines is 1. The van der Waals surface area contributed by atoms with Crippen LogP contribution in [0.15, 0.2) is 65.6 Å². The molecule has 4 aromatic rings. The lowest BCUT2D eigenvalue weighted by atomic mass is 9.95. The lowest BCUT2D eigenvalue weighted by Crippen LogP contribution is -2.41. The fourth-order valence-corrected chi connectivity index (χ4v) is 4.38. The number of anilines is 1. The van der Waals surface area contributed by atoms with Crippen LogP contribution in [0.25, 0.3) is 21.8 Å². The molecule has 1 fully saturated rings. The normalized spacial score (nSPS) is 14.2. The lowest BCUT2D eigenvalue weighted by molar-refractivity contribution is 0.0912. The topological polar surface area (TPSA) is 78.1 Å². The molecule has 0 unspecified atom stereocenters. The Hall–Kier alpha value is -3.67. The molecule has 0 radical (unpaired) electrons. The Bertz CT molecular complexity index is 1370. The summed E-state index contributed by atoms with van der Waals surface area (Å²) in [4.78, 5) is 36.0. The third-order valence-electron chi connectivity index (χ3n) is 6.29. The maximum Gasteiger partial charge on any atom is 0.252 e. The van der Waals surface area contributed by atoms with Crippen LogP contribution in [0.4, 0.5) is 5.82 Å². The Balaban J connectivity index is 1.40. The number of nitrogens with one attached hydrogen (secondary N) is 2. The minimum absolute atomic E-state index is 0.0363. The largest absolute Gasteiger partial charge is 0.357 e. The Morgan fingerprint density at radius 1 is 1.00 bits per heavy atom. The van der Waals surface area contributed by atoms with E-state index in [1.165, 1.54) is 12.8 Å². The van der Waals surface area contributed by atoms with E-state index in [-0.39, 0.29) is 11.3 Å². The molecular formula is C26H26N4O2. The molecule has 2 aromatic heterocycles. The van der Waals surface area contributed by atoms with Crippen LogP contribution in [0.1, 0.15) is 42.6 Å². The van der Waals surface area contributed by atoms with Gasteiger partial charge in [0.15, 0.2) is 5.43 Å². The molecule has 6 heteroatoms. The first-order valence-electron chi connectivity index (χ1n) is 11.0. The second-order valence-electron chi connectivity index (χ2n) is 8.94. The summed E-state index contributed by atoms with van der Waals surface area (Å²) in [5.74, 6) is 0.786. The molecule has 2 N–H and O–H groups in total. The number of amides is 1. The summed E-state index contributed by atoms with van der Waals surface area (Å²) in [7, 11) is 0. The molecule has 0 saturated carbocycles. The van der Waals surface area contributed by atoms with E-state index in [1.807, 2.05) is 50.4 Å². The van der Waals surface area contributed by atoms with Crippen molar-refractivity contribution in [1.82, 2.24) is 15.3 Å². The van der Waals surface area contributed by atoms with Crippen LogP contribution in [-0.4, -0.2) is 29.0 Å². The van der Waals surface area contributed by atoms with Crippen LogP contribution < -0.4 is 15.6 Å².